The number of aryl methyl sites for hydroxylation is 1. The maximum absolute atomic E-state index is 12.8. The van der Waals surface area contributed by atoms with Crippen molar-refractivity contribution >= 4 is 11.8 Å². The van der Waals surface area contributed by atoms with E-state index in [0.29, 0.717) is 5.75 Å². The third-order valence-corrected chi connectivity index (χ3v) is 5.74. The van der Waals surface area contributed by atoms with Gasteiger partial charge in [0, 0.05) is 20.0 Å². The maximum atomic E-state index is 12.8. The van der Waals surface area contributed by atoms with Crippen LogP contribution < -0.4 is 4.74 Å². The molecule has 0 radical (unpaired) electrons. The predicted octanol–water partition coefficient (Wildman–Crippen LogP) is 2.77. The molecule has 3 rings (SSSR count). The molecule has 2 atom stereocenters. The number of carbonyl (C=O) groups is 2. The fourth-order valence-electron chi connectivity index (χ4n) is 4.42. The largest absolute Gasteiger partial charge is 0.484 e. The van der Waals surface area contributed by atoms with Crippen LogP contribution in [-0.4, -0.2) is 52.9 Å². The number of fused-ring (bicyclic) bond motifs is 1. The van der Waals surface area contributed by atoms with E-state index in [4.69, 9.17) is 4.74 Å². The fraction of sp³-hybridized carbons (Fsp3) is 0.600. The van der Waals surface area contributed by atoms with Crippen LogP contribution >= 0.6 is 0 Å². The van der Waals surface area contributed by atoms with Crippen molar-refractivity contribution in [3.8, 4) is 5.75 Å². The highest BCUT2D eigenvalue weighted by molar-refractivity contribution is 5.79. The molecular formula is C20H28N2O3. The minimum absolute atomic E-state index is 0.0157. The molecule has 2 amide bonds. The van der Waals surface area contributed by atoms with E-state index in [9.17, 15) is 9.59 Å². The van der Waals surface area contributed by atoms with Gasteiger partial charge >= 0.3 is 0 Å². The van der Waals surface area contributed by atoms with Gasteiger partial charge < -0.3 is 14.5 Å². The molecule has 1 aromatic rings. The highest BCUT2D eigenvalue weighted by Gasteiger charge is 2.49. The molecule has 5 heteroatoms. The molecule has 0 N–H and O–H groups in total. The van der Waals surface area contributed by atoms with Gasteiger partial charge in [-0.05, 0) is 51.7 Å². The summed E-state index contributed by atoms with van der Waals surface area (Å²) in [6, 6.07) is 7.82. The first kappa shape index (κ1) is 17.8. The van der Waals surface area contributed by atoms with Crippen molar-refractivity contribution in [1.29, 1.82) is 0 Å². The Kier molecular flexibility index (Phi) is 5.02. The fourth-order valence-corrected chi connectivity index (χ4v) is 4.42. The SMILES string of the molecule is CC(=O)N1CCC[C@H]2N(C(=O)COc3ccc(C)cc3)CCC[C@@]21C. The van der Waals surface area contributed by atoms with E-state index in [-0.39, 0.29) is 30.0 Å². The maximum Gasteiger partial charge on any atom is 0.260 e. The average molecular weight is 344 g/mol. The van der Waals surface area contributed by atoms with Gasteiger partial charge in [-0.2, -0.15) is 0 Å². The van der Waals surface area contributed by atoms with E-state index < -0.39 is 0 Å². The monoisotopic (exact) mass is 344 g/mol. The molecule has 0 aromatic heterocycles. The van der Waals surface area contributed by atoms with Crippen molar-refractivity contribution in [2.45, 2.75) is 58.0 Å². The molecule has 2 aliphatic heterocycles. The van der Waals surface area contributed by atoms with Crippen LogP contribution in [-0.2, 0) is 9.59 Å². The summed E-state index contributed by atoms with van der Waals surface area (Å²) in [6.45, 7) is 7.39. The number of likely N-dealkylation sites (tertiary alicyclic amines) is 2. The van der Waals surface area contributed by atoms with E-state index in [1.165, 1.54) is 0 Å². The van der Waals surface area contributed by atoms with E-state index in [1.807, 2.05) is 41.0 Å². The van der Waals surface area contributed by atoms with Gasteiger partial charge in [-0.15, -0.1) is 0 Å². The van der Waals surface area contributed by atoms with E-state index in [0.717, 1.165) is 44.3 Å². The summed E-state index contributed by atoms with van der Waals surface area (Å²) in [5, 5.41) is 0. The summed E-state index contributed by atoms with van der Waals surface area (Å²) >= 11 is 0. The average Bonchev–Trinajstić information content (AvgIpc) is 2.59. The molecule has 0 bridgehead atoms. The van der Waals surface area contributed by atoms with Gasteiger partial charge in [0.05, 0.1) is 11.6 Å². The Labute approximate surface area is 149 Å². The minimum Gasteiger partial charge on any atom is -0.484 e. The Morgan fingerprint density at radius 3 is 2.60 bits per heavy atom. The highest BCUT2D eigenvalue weighted by Crippen LogP contribution is 2.39. The number of rotatable bonds is 3. The molecule has 0 unspecified atom stereocenters. The number of carbonyl (C=O) groups excluding carboxylic acids is 2. The van der Waals surface area contributed by atoms with Crippen molar-refractivity contribution in [3.63, 3.8) is 0 Å². The Balaban J connectivity index is 1.69. The second kappa shape index (κ2) is 7.06. The lowest BCUT2D eigenvalue weighted by Crippen LogP contribution is -2.68. The Morgan fingerprint density at radius 2 is 1.92 bits per heavy atom. The number of hydrogen-bond acceptors (Lipinski definition) is 3. The normalized spacial score (nSPS) is 26.1. The quantitative estimate of drug-likeness (QED) is 0.847. The van der Waals surface area contributed by atoms with Crippen molar-refractivity contribution in [1.82, 2.24) is 9.80 Å². The molecule has 25 heavy (non-hydrogen) atoms. The number of piperidine rings is 2. The lowest BCUT2D eigenvalue weighted by molar-refractivity contribution is -0.155. The van der Waals surface area contributed by atoms with E-state index >= 15 is 0 Å². The van der Waals surface area contributed by atoms with Gasteiger partial charge in [0.2, 0.25) is 5.91 Å². The van der Waals surface area contributed by atoms with Crippen molar-refractivity contribution < 1.29 is 14.3 Å². The molecule has 0 aliphatic carbocycles. The zero-order valence-corrected chi connectivity index (χ0v) is 15.5. The van der Waals surface area contributed by atoms with Crippen LogP contribution in [0.4, 0.5) is 0 Å². The Bertz CT molecular complexity index is 643. The first-order chi connectivity index (χ1) is 11.9. The predicted molar refractivity (Wildman–Crippen MR) is 96.4 cm³/mol. The lowest BCUT2D eigenvalue weighted by atomic mass is 9.76. The molecule has 0 saturated carbocycles. The van der Waals surface area contributed by atoms with Crippen LogP contribution in [0.5, 0.6) is 5.75 Å². The smallest absolute Gasteiger partial charge is 0.260 e. The van der Waals surface area contributed by atoms with Gasteiger partial charge in [-0.1, -0.05) is 17.7 Å². The summed E-state index contributed by atoms with van der Waals surface area (Å²) in [6.07, 6.45) is 3.78. The first-order valence-electron chi connectivity index (χ1n) is 9.19. The summed E-state index contributed by atoms with van der Waals surface area (Å²) in [5.74, 6) is 0.840. The standard InChI is InChI=1S/C20H28N2O3/c1-15-7-9-17(10-8-15)25-14-19(24)21-12-5-11-20(3)18(21)6-4-13-22(20)16(2)23/h7-10,18H,4-6,11-14H2,1-3H3/t18-,20+/m1/s1. The van der Waals surface area contributed by atoms with Crippen LogP contribution in [0.2, 0.25) is 0 Å². The Morgan fingerprint density at radius 1 is 1.20 bits per heavy atom. The Hall–Kier alpha value is -2.04. The number of hydrogen-bond donors (Lipinski definition) is 0. The molecule has 2 aliphatic rings. The van der Waals surface area contributed by atoms with E-state index in [2.05, 4.69) is 6.92 Å². The molecule has 2 heterocycles. The van der Waals surface area contributed by atoms with Crippen LogP contribution in [0.15, 0.2) is 24.3 Å². The molecule has 2 fully saturated rings. The number of amides is 2. The third kappa shape index (κ3) is 3.51. The zero-order chi connectivity index (χ0) is 18.0. The summed E-state index contributed by atoms with van der Waals surface area (Å²) in [7, 11) is 0. The molecule has 1 aromatic carbocycles. The van der Waals surface area contributed by atoms with Gasteiger partial charge in [0.1, 0.15) is 5.75 Å². The van der Waals surface area contributed by atoms with Gasteiger partial charge in [-0.3, -0.25) is 9.59 Å². The number of nitrogens with zero attached hydrogens (tertiary/aromatic N) is 2. The topological polar surface area (TPSA) is 49.9 Å². The molecule has 0 spiro atoms. The van der Waals surface area contributed by atoms with Crippen molar-refractivity contribution in [2.75, 3.05) is 19.7 Å². The van der Waals surface area contributed by atoms with Gasteiger partial charge in [0.25, 0.3) is 5.91 Å². The second-order valence-electron chi connectivity index (χ2n) is 7.48. The number of ether oxygens (including phenoxy) is 1. The van der Waals surface area contributed by atoms with Crippen LogP contribution in [0.3, 0.4) is 0 Å². The summed E-state index contributed by atoms with van der Waals surface area (Å²) < 4.78 is 5.69. The minimum atomic E-state index is -0.248. The van der Waals surface area contributed by atoms with Gasteiger partial charge in [0.15, 0.2) is 6.61 Å². The zero-order valence-electron chi connectivity index (χ0n) is 15.5. The first-order valence-corrected chi connectivity index (χ1v) is 9.19. The number of benzene rings is 1. The van der Waals surface area contributed by atoms with Gasteiger partial charge in [-0.25, -0.2) is 0 Å². The summed E-state index contributed by atoms with van der Waals surface area (Å²) in [4.78, 5) is 28.8. The van der Waals surface area contributed by atoms with Crippen LogP contribution in [0.1, 0.15) is 45.1 Å². The molecule has 136 valence electrons. The van der Waals surface area contributed by atoms with Crippen LogP contribution in [0, 0.1) is 6.92 Å². The third-order valence-electron chi connectivity index (χ3n) is 5.74. The van der Waals surface area contributed by atoms with E-state index in [1.54, 1.807) is 6.92 Å². The molecule has 2 saturated heterocycles. The second-order valence-corrected chi connectivity index (χ2v) is 7.48. The molecule has 5 nitrogen and oxygen atoms in total. The lowest BCUT2D eigenvalue weighted by Gasteiger charge is -2.56. The molecular weight excluding hydrogens is 316 g/mol. The summed E-state index contributed by atoms with van der Waals surface area (Å²) in [5.41, 5.74) is 0.916. The van der Waals surface area contributed by atoms with Crippen molar-refractivity contribution in [2.24, 2.45) is 0 Å². The highest BCUT2D eigenvalue weighted by atomic mass is 16.5. The van der Waals surface area contributed by atoms with Crippen molar-refractivity contribution in [3.05, 3.63) is 29.8 Å². The van der Waals surface area contributed by atoms with Crippen LogP contribution in [0.25, 0.3) is 0 Å².